The van der Waals surface area contributed by atoms with Crippen LogP contribution in [0.3, 0.4) is 0 Å². The zero-order chi connectivity index (χ0) is 21.3. The lowest BCUT2D eigenvalue weighted by Crippen LogP contribution is -2.16. The van der Waals surface area contributed by atoms with E-state index in [1.54, 1.807) is 6.92 Å². The van der Waals surface area contributed by atoms with E-state index in [9.17, 15) is 22.4 Å². The summed E-state index contributed by atoms with van der Waals surface area (Å²) < 4.78 is 59.1. The molecule has 0 unspecified atom stereocenters. The van der Waals surface area contributed by atoms with E-state index in [0.29, 0.717) is 6.42 Å². The van der Waals surface area contributed by atoms with Gasteiger partial charge in [0.1, 0.15) is 5.56 Å². The van der Waals surface area contributed by atoms with Gasteiger partial charge in [0.2, 0.25) is 0 Å². The van der Waals surface area contributed by atoms with Crippen LogP contribution in [0.2, 0.25) is 0 Å². The molecule has 0 fully saturated rings. The minimum atomic E-state index is -4.96. The third-order valence-electron chi connectivity index (χ3n) is 4.70. The second-order valence-electron chi connectivity index (χ2n) is 6.91. The van der Waals surface area contributed by atoms with Gasteiger partial charge in [-0.25, -0.2) is 4.39 Å². The molecular weight excluding hydrogens is 384 g/mol. The zero-order valence-corrected chi connectivity index (χ0v) is 16.5. The summed E-state index contributed by atoms with van der Waals surface area (Å²) in [4.78, 5) is 12.3. The average molecular weight is 410 g/mol. The number of rotatable bonds is 11. The fourth-order valence-corrected chi connectivity index (χ4v) is 3.26. The first kappa shape index (κ1) is 22.9. The summed E-state index contributed by atoms with van der Waals surface area (Å²) >= 11 is 0. The fourth-order valence-electron chi connectivity index (χ4n) is 3.26. The largest absolute Gasteiger partial charge is 0.491 e. The van der Waals surface area contributed by atoms with E-state index in [1.165, 1.54) is 5.56 Å². The van der Waals surface area contributed by atoms with Crippen LogP contribution in [0.25, 0.3) is 0 Å². The highest BCUT2D eigenvalue weighted by Gasteiger charge is 2.39. The Morgan fingerprint density at radius 1 is 0.931 bits per heavy atom. The summed E-state index contributed by atoms with van der Waals surface area (Å²) in [7, 11) is 0. The maximum Gasteiger partial charge on any atom is 0.420 e. The number of aryl methyl sites for hydroxylation is 1. The summed E-state index contributed by atoms with van der Waals surface area (Å²) in [6, 6.07) is 12.2. The molecule has 0 aliphatic heterocycles. The SMILES string of the molecule is CCOc1ccc(C(=O)CCCCCCCc2ccccc2)c(C(F)(F)F)c1F. The molecule has 0 aliphatic carbocycles. The van der Waals surface area contributed by atoms with Crippen molar-refractivity contribution in [3.8, 4) is 5.75 Å². The molecule has 0 aromatic heterocycles. The van der Waals surface area contributed by atoms with E-state index in [1.807, 2.05) is 18.2 Å². The van der Waals surface area contributed by atoms with Gasteiger partial charge in [0.15, 0.2) is 17.3 Å². The molecule has 0 heterocycles. The topological polar surface area (TPSA) is 26.3 Å². The molecule has 0 bridgehead atoms. The third-order valence-corrected chi connectivity index (χ3v) is 4.70. The average Bonchev–Trinajstić information content (AvgIpc) is 2.68. The van der Waals surface area contributed by atoms with Gasteiger partial charge >= 0.3 is 6.18 Å². The smallest absolute Gasteiger partial charge is 0.420 e. The van der Waals surface area contributed by atoms with Gasteiger partial charge in [-0.15, -0.1) is 0 Å². The predicted octanol–water partition coefficient (Wildman–Crippen LogP) is 7.01. The normalized spacial score (nSPS) is 11.5. The van der Waals surface area contributed by atoms with Crippen molar-refractivity contribution < 1.29 is 27.1 Å². The Hall–Kier alpha value is -2.37. The van der Waals surface area contributed by atoms with Gasteiger partial charge in [-0.1, -0.05) is 49.6 Å². The minimum Gasteiger partial charge on any atom is -0.491 e. The Morgan fingerprint density at radius 3 is 2.24 bits per heavy atom. The molecule has 0 saturated carbocycles. The molecule has 2 aromatic carbocycles. The van der Waals surface area contributed by atoms with Crippen molar-refractivity contribution in [1.82, 2.24) is 0 Å². The van der Waals surface area contributed by atoms with E-state index in [2.05, 4.69) is 12.1 Å². The van der Waals surface area contributed by atoms with Gasteiger partial charge in [-0.2, -0.15) is 13.2 Å². The molecule has 0 saturated heterocycles. The van der Waals surface area contributed by atoms with Crippen LogP contribution in [-0.4, -0.2) is 12.4 Å². The molecule has 2 nitrogen and oxygen atoms in total. The van der Waals surface area contributed by atoms with Gasteiger partial charge in [0, 0.05) is 12.0 Å². The monoisotopic (exact) mass is 410 g/mol. The van der Waals surface area contributed by atoms with Crippen LogP contribution in [0.1, 0.15) is 66.9 Å². The molecule has 0 aliphatic rings. The van der Waals surface area contributed by atoms with E-state index < -0.39 is 34.7 Å². The third kappa shape index (κ3) is 6.87. The van der Waals surface area contributed by atoms with E-state index in [4.69, 9.17) is 4.74 Å². The first-order valence-electron chi connectivity index (χ1n) is 9.94. The minimum absolute atomic E-state index is 0.0326. The highest BCUT2D eigenvalue weighted by Crippen LogP contribution is 2.38. The highest BCUT2D eigenvalue weighted by atomic mass is 19.4. The first-order chi connectivity index (χ1) is 13.8. The van der Waals surface area contributed by atoms with Crippen molar-refractivity contribution in [1.29, 1.82) is 0 Å². The number of benzene rings is 2. The Balaban J connectivity index is 1.84. The molecule has 0 atom stereocenters. The van der Waals surface area contributed by atoms with Gasteiger partial charge in [0.05, 0.1) is 6.61 Å². The molecule has 2 aromatic rings. The molecule has 0 radical (unpaired) electrons. The number of unbranched alkanes of at least 4 members (excludes halogenated alkanes) is 4. The molecule has 158 valence electrons. The maximum atomic E-state index is 14.2. The van der Waals surface area contributed by atoms with E-state index in [-0.39, 0.29) is 13.0 Å². The molecule has 0 N–H and O–H groups in total. The van der Waals surface area contributed by atoms with E-state index in [0.717, 1.165) is 44.2 Å². The van der Waals surface area contributed by atoms with Gasteiger partial charge in [-0.05, 0) is 43.9 Å². The number of alkyl halides is 3. The Labute approximate surface area is 168 Å². The Kier molecular flexibility index (Phi) is 8.68. The molecule has 0 spiro atoms. The Bertz CT molecular complexity index is 785. The Morgan fingerprint density at radius 2 is 1.59 bits per heavy atom. The van der Waals surface area contributed by atoms with Gasteiger partial charge < -0.3 is 4.74 Å². The standard InChI is InChI=1S/C23H26F4O2/c1-2-29-20-16-15-18(21(22(20)24)23(25,26)27)19(28)14-10-5-3-4-7-11-17-12-8-6-9-13-17/h6,8-9,12-13,15-16H,2-5,7,10-11,14H2,1H3. The first-order valence-corrected chi connectivity index (χ1v) is 9.94. The summed E-state index contributed by atoms with van der Waals surface area (Å²) in [6.45, 7) is 1.58. The van der Waals surface area contributed by atoms with Crippen molar-refractivity contribution in [3.05, 3.63) is 65.0 Å². The fraction of sp³-hybridized carbons (Fsp3) is 0.435. The lowest BCUT2D eigenvalue weighted by molar-refractivity contribution is -0.140. The number of carbonyl (C=O) groups is 1. The quantitative estimate of drug-likeness (QED) is 0.226. The lowest BCUT2D eigenvalue weighted by Gasteiger charge is -2.15. The second kappa shape index (κ2) is 11.0. The molecular formula is C23H26F4O2. The summed E-state index contributed by atoms with van der Waals surface area (Å²) in [5, 5.41) is 0. The van der Waals surface area contributed by atoms with Crippen LogP contribution in [0.15, 0.2) is 42.5 Å². The number of ketones is 1. The second-order valence-corrected chi connectivity index (χ2v) is 6.91. The number of Topliss-reactive ketones (excluding diaryl/α,β-unsaturated/α-hetero) is 1. The molecule has 2 rings (SSSR count). The molecule has 6 heteroatoms. The molecule has 0 amide bonds. The lowest BCUT2D eigenvalue weighted by atomic mass is 9.97. The predicted molar refractivity (Wildman–Crippen MR) is 105 cm³/mol. The number of halogens is 4. The summed E-state index contributed by atoms with van der Waals surface area (Å²) in [5.41, 5.74) is -0.876. The van der Waals surface area contributed by atoms with Crippen LogP contribution < -0.4 is 4.74 Å². The highest BCUT2D eigenvalue weighted by molar-refractivity contribution is 5.97. The summed E-state index contributed by atoms with van der Waals surface area (Å²) in [5.74, 6) is -2.70. The van der Waals surface area contributed by atoms with Crippen molar-refractivity contribution in [2.45, 2.75) is 58.0 Å². The van der Waals surface area contributed by atoms with Crippen molar-refractivity contribution >= 4 is 5.78 Å². The van der Waals surface area contributed by atoms with Crippen LogP contribution in [0.4, 0.5) is 17.6 Å². The zero-order valence-electron chi connectivity index (χ0n) is 16.5. The number of hydrogen-bond donors (Lipinski definition) is 0. The van der Waals surface area contributed by atoms with Crippen LogP contribution in [0.5, 0.6) is 5.75 Å². The van der Waals surface area contributed by atoms with Crippen LogP contribution >= 0.6 is 0 Å². The summed E-state index contributed by atoms with van der Waals surface area (Å²) in [6.07, 6.45) is 0.158. The number of carbonyl (C=O) groups excluding carboxylic acids is 1. The van der Waals surface area contributed by atoms with Crippen molar-refractivity contribution in [2.75, 3.05) is 6.61 Å². The number of ether oxygens (including phenoxy) is 1. The van der Waals surface area contributed by atoms with Crippen molar-refractivity contribution in [2.24, 2.45) is 0 Å². The van der Waals surface area contributed by atoms with Crippen LogP contribution in [-0.2, 0) is 12.6 Å². The van der Waals surface area contributed by atoms with Gasteiger partial charge in [-0.3, -0.25) is 4.79 Å². The number of hydrogen-bond acceptors (Lipinski definition) is 2. The molecule has 29 heavy (non-hydrogen) atoms. The van der Waals surface area contributed by atoms with E-state index >= 15 is 0 Å². The van der Waals surface area contributed by atoms with Crippen LogP contribution in [0, 0.1) is 5.82 Å². The van der Waals surface area contributed by atoms with Crippen molar-refractivity contribution in [3.63, 3.8) is 0 Å². The van der Waals surface area contributed by atoms with Gasteiger partial charge in [0.25, 0.3) is 0 Å². The maximum absolute atomic E-state index is 14.2.